The topological polar surface area (TPSA) is 108 Å². The summed E-state index contributed by atoms with van der Waals surface area (Å²) in [6.45, 7) is 0.635. The van der Waals surface area contributed by atoms with E-state index in [9.17, 15) is 9.59 Å². The molecule has 0 aliphatic carbocycles. The normalized spacial score (nSPS) is 20.1. The number of nitrogens with one attached hydrogen (secondary N) is 1. The van der Waals surface area contributed by atoms with E-state index < -0.39 is 11.4 Å². The number of rotatable bonds is 6. The predicted molar refractivity (Wildman–Crippen MR) is 84.4 cm³/mol. The van der Waals surface area contributed by atoms with Gasteiger partial charge in [0.25, 0.3) is 0 Å². The SMILES string of the molecule is COC[C@]1(C(N)=O)CCCN1C(=O)CNc1ccc(C#N)cc1. The molecule has 1 aromatic carbocycles. The van der Waals surface area contributed by atoms with Crippen LogP contribution in [0, 0.1) is 11.3 Å². The lowest BCUT2D eigenvalue weighted by atomic mass is 9.96. The number of nitrogens with zero attached hydrogens (tertiary/aromatic N) is 2. The second-order valence-corrected chi connectivity index (χ2v) is 5.52. The van der Waals surface area contributed by atoms with Gasteiger partial charge in [-0.2, -0.15) is 5.26 Å². The van der Waals surface area contributed by atoms with Gasteiger partial charge in [0, 0.05) is 19.3 Å². The van der Waals surface area contributed by atoms with Gasteiger partial charge in [0.1, 0.15) is 5.54 Å². The van der Waals surface area contributed by atoms with Crippen molar-refractivity contribution in [3.63, 3.8) is 0 Å². The molecule has 0 spiro atoms. The fraction of sp³-hybridized carbons (Fsp3) is 0.438. The van der Waals surface area contributed by atoms with Crippen molar-refractivity contribution < 1.29 is 14.3 Å². The molecule has 7 heteroatoms. The number of primary amides is 1. The third kappa shape index (κ3) is 3.43. The number of benzene rings is 1. The van der Waals surface area contributed by atoms with Crippen molar-refractivity contribution >= 4 is 17.5 Å². The van der Waals surface area contributed by atoms with Gasteiger partial charge >= 0.3 is 0 Å². The molecule has 0 aromatic heterocycles. The van der Waals surface area contributed by atoms with Gasteiger partial charge in [-0.1, -0.05) is 0 Å². The molecule has 1 aromatic rings. The summed E-state index contributed by atoms with van der Waals surface area (Å²) in [5.41, 5.74) is 5.74. The van der Waals surface area contributed by atoms with Gasteiger partial charge in [-0.25, -0.2) is 0 Å². The van der Waals surface area contributed by atoms with Crippen molar-refractivity contribution in [3.05, 3.63) is 29.8 Å². The van der Waals surface area contributed by atoms with Crippen LogP contribution in [0.3, 0.4) is 0 Å². The molecule has 23 heavy (non-hydrogen) atoms. The number of methoxy groups -OCH3 is 1. The van der Waals surface area contributed by atoms with Crippen LogP contribution in [-0.2, 0) is 14.3 Å². The summed E-state index contributed by atoms with van der Waals surface area (Å²) in [5.74, 6) is -0.744. The van der Waals surface area contributed by atoms with Crippen molar-refractivity contribution in [1.29, 1.82) is 5.26 Å². The van der Waals surface area contributed by atoms with Gasteiger partial charge in [0.05, 0.1) is 24.8 Å². The molecule has 2 amide bonds. The van der Waals surface area contributed by atoms with Crippen molar-refractivity contribution in [2.45, 2.75) is 18.4 Å². The van der Waals surface area contributed by atoms with E-state index in [4.69, 9.17) is 15.7 Å². The number of carbonyl (C=O) groups is 2. The number of amides is 2. The summed E-state index contributed by atoms with van der Waals surface area (Å²) in [4.78, 5) is 25.9. The summed E-state index contributed by atoms with van der Waals surface area (Å²) in [5, 5.41) is 11.8. The first-order valence-electron chi connectivity index (χ1n) is 7.37. The zero-order valence-corrected chi connectivity index (χ0v) is 13.0. The third-order valence-electron chi connectivity index (χ3n) is 4.09. The minimum Gasteiger partial charge on any atom is -0.382 e. The maximum Gasteiger partial charge on any atom is 0.245 e. The first kappa shape index (κ1) is 16.8. The van der Waals surface area contributed by atoms with Crippen molar-refractivity contribution in [2.24, 2.45) is 5.73 Å². The lowest BCUT2D eigenvalue weighted by molar-refractivity contribution is -0.145. The van der Waals surface area contributed by atoms with Gasteiger partial charge in [-0.3, -0.25) is 9.59 Å². The summed E-state index contributed by atoms with van der Waals surface area (Å²) < 4.78 is 5.11. The Hall–Kier alpha value is -2.59. The first-order chi connectivity index (χ1) is 11.0. The Bertz CT molecular complexity index is 623. The molecule has 7 nitrogen and oxygen atoms in total. The van der Waals surface area contributed by atoms with Crippen molar-refractivity contribution in [3.8, 4) is 6.07 Å². The average Bonchev–Trinajstić information content (AvgIpc) is 2.98. The smallest absolute Gasteiger partial charge is 0.245 e. The van der Waals surface area contributed by atoms with Gasteiger partial charge in [0.15, 0.2) is 0 Å². The Kier molecular flexibility index (Phi) is 5.19. The maximum atomic E-state index is 12.5. The van der Waals surface area contributed by atoms with Crippen molar-refractivity contribution in [1.82, 2.24) is 4.90 Å². The first-order valence-corrected chi connectivity index (χ1v) is 7.37. The van der Waals surface area contributed by atoms with Crippen LogP contribution in [0.5, 0.6) is 0 Å². The minimum absolute atomic E-state index is 0.0463. The van der Waals surface area contributed by atoms with Crippen LogP contribution in [0.4, 0.5) is 5.69 Å². The number of hydrogen-bond acceptors (Lipinski definition) is 5. The number of carbonyl (C=O) groups excluding carboxylic acids is 2. The molecule has 0 bridgehead atoms. The van der Waals surface area contributed by atoms with Crippen LogP contribution >= 0.6 is 0 Å². The molecule has 1 aliphatic rings. The molecule has 0 unspecified atom stereocenters. The molecular weight excluding hydrogens is 296 g/mol. The van der Waals surface area contributed by atoms with Gasteiger partial charge in [-0.05, 0) is 37.1 Å². The number of anilines is 1. The van der Waals surface area contributed by atoms with E-state index in [1.165, 1.54) is 12.0 Å². The zero-order chi connectivity index (χ0) is 16.9. The summed E-state index contributed by atoms with van der Waals surface area (Å²) >= 11 is 0. The van der Waals surface area contributed by atoms with Gasteiger partial charge in [0.2, 0.25) is 11.8 Å². The molecule has 3 N–H and O–H groups in total. The van der Waals surface area contributed by atoms with Crippen molar-refractivity contribution in [2.75, 3.05) is 32.1 Å². The van der Waals surface area contributed by atoms with Gasteiger partial charge in [-0.15, -0.1) is 0 Å². The molecule has 122 valence electrons. The van der Waals surface area contributed by atoms with Crippen LogP contribution in [-0.4, -0.2) is 49.1 Å². The van der Waals surface area contributed by atoms with E-state index in [-0.39, 0.29) is 19.1 Å². The summed E-state index contributed by atoms with van der Waals surface area (Å²) in [7, 11) is 1.49. The molecule has 1 heterocycles. The highest BCUT2D eigenvalue weighted by Crippen LogP contribution is 2.29. The standard InChI is InChI=1S/C16H20N4O3/c1-23-11-16(15(18)22)7-2-8-20(16)14(21)10-19-13-5-3-12(9-17)4-6-13/h3-6,19H,2,7-8,10-11H2,1H3,(H2,18,22)/t16-/m0/s1. The third-order valence-corrected chi connectivity index (χ3v) is 4.09. The largest absolute Gasteiger partial charge is 0.382 e. The fourth-order valence-electron chi connectivity index (χ4n) is 2.89. The predicted octanol–water partition coefficient (Wildman–Crippen LogP) is 0.463. The Morgan fingerprint density at radius 3 is 2.70 bits per heavy atom. The van der Waals surface area contributed by atoms with E-state index in [0.717, 1.165) is 12.1 Å². The van der Waals surface area contributed by atoms with Crippen LogP contribution < -0.4 is 11.1 Å². The summed E-state index contributed by atoms with van der Waals surface area (Å²) in [6, 6.07) is 8.83. The molecule has 1 aliphatic heterocycles. The second kappa shape index (κ2) is 7.11. The number of hydrogen-bond donors (Lipinski definition) is 2. The Morgan fingerprint density at radius 1 is 1.43 bits per heavy atom. The molecule has 1 fully saturated rings. The lowest BCUT2D eigenvalue weighted by Gasteiger charge is -2.35. The number of likely N-dealkylation sites (tertiary alicyclic amines) is 1. The van der Waals surface area contributed by atoms with E-state index in [0.29, 0.717) is 18.5 Å². The molecule has 1 saturated heterocycles. The van der Waals surface area contributed by atoms with E-state index in [2.05, 4.69) is 5.32 Å². The van der Waals surface area contributed by atoms with Crippen LogP contribution in [0.2, 0.25) is 0 Å². The summed E-state index contributed by atoms with van der Waals surface area (Å²) in [6.07, 6.45) is 1.23. The van der Waals surface area contributed by atoms with E-state index >= 15 is 0 Å². The fourth-order valence-corrected chi connectivity index (χ4v) is 2.89. The number of nitriles is 1. The van der Waals surface area contributed by atoms with Gasteiger partial charge < -0.3 is 20.7 Å². The molecule has 2 rings (SSSR count). The Morgan fingerprint density at radius 2 is 2.13 bits per heavy atom. The number of nitrogens with two attached hydrogens (primary N) is 1. The Balaban J connectivity index is 2.04. The number of ether oxygens (including phenoxy) is 1. The average molecular weight is 316 g/mol. The van der Waals surface area contributed by atoms with Crippen LogP contribution in [0.1, 0.15) is 18.4 Å². The molecular formula is C16H20N4O3. The maximum absolute atomic E-state index is 12.5. The quantitative estimate of drug-likeness (QED) is 0.792. The lowest BCUT2D eigenvalue weighted by Crippen LogP contribution is -2.59. The highest BCUT2D eigenvalue weighted by molar-refractivity contribution is 5.92. The minimum atomic E-state index is -1.06. The monoisotopic (exact) mass is 316 g/mol. The van der Waals surface area contributed by atoms with E-state index in [1.54, 1.807) is 24.3 Å². The molecule has 0 radical (unpaired) electrons. The van der Waals surface area contributed by atoms with Crippen LogP contribution in [0.15, 0.2) is 24.3 Å². The zero-order valence-electron chi connectivity index (χ0n) is 13.0. The molecule has 1 atom stereocenters. The molecule has 0 saturated carbocycles. The van der Waals surface area contributed by atoms with Crippen LogP contribution in [0.25, 0.3) is 0 Å². The second-order valence-electron chi connectivity index (χ2n) is 5.52. The highest BCUT2D eigenvalue weighted by atomic mass is 16.5. The highest BCUT2D eigenvalue weighted by Gasteiger charge is 2.48. The Labute approximate surface area is 135 Å². The van der Waals surface area contributed by atoms with E-state index in [1.807, 2.05) is 6.07 Å².